The van der Waals surface area contributed by atoms with Gasteiger partial charge in [0.25, 0.3) is 0 Å². The van der Waals surface area contributed by atoms with Crippen LogP contribution in [0.25, 0.3) is 0 Å². The zero-order valence-electron chi connectivity index (χ0n) is 11.7. The smallest absolute Gasteiger partial charge is 0.161 e. The molecule has 0 aliphatic carbocycles. The van der Waals surface area contributed by atoms with Crippen LogP contribution in [-0.4, -0.2) is 31.0 Å². The number of rotatable bonds is 5. The molecule has 0 aromatic heterocycles. The van der Waals surface area contributed by atoms with Crippen LogP contribution in [-0.2, 0) is 6.54 Å². The van der Waals surface area contributed by atoms with Crippen molar-refractivity contribution in [1.29, 1.82) is 0 Å². The van der Waals surface area contributed by atoms with Crippen LogP contribution < -0.4 is 14.8 Å². The molecule has 19 heavy (non-hydrogen) atoms. The first-order valence-electron chi connectivity index (χ1n) is 6.93. The second kappa shape index (κ2) is 6.78. The van der Waals surface area contributed by atoms with E-state index in [1.165, 1.54) is 0 Å². The van der Waals surface area contributed by atoms with Crippen molar-refractivity contribution >= 4 is 0 Å². The fraction of sp³-hybridized carbons (Fsp3) is 0.600. The van der Waals surface area contributed by atoms with Crippen LogP contribution in [0.15, 0.2) is 18.2 Å². The van der Waals surface area contributed by atoms with Gasteiger partial charge in [0, 0.05) is 19.0 Å². The monoisotopic (exact) mass is 265 g/mol. The molecule has 1 heterocycles. The molecule has 0 saturated heterocycles. The number of fused-ring (bicyclic) bond motifs is 1. The third-order valence-electron chi connectivity index (χ3n) is 3.38. The predicted octanol–water partition coefficient (Wildman–Crippen LogP) is 1.95. The molecule has 0 spiro atoms. The summed E-state index contributed by atoms with van der Waals surface area (Å²) >= 11 is 0. The Balaban J connectivity index is 1.99. The topological polar surface area (TPSA) is 50.7 Å². The van der Waals surface area contributed by atoms with E-state index in [0.717, 1.165) is 30.0 Å². The number of aliphatic hydroxyl groups is 1. The van der Waals surface area contributed by atoms with E-state index in [4.69, 9.17) is 9.47 Å². The Kier molecular flexibility index (Phi) is 5.05. The lowest BCUT2D eigenvalue weighted by molar-refractivity contribution is 0.210. The largest absolute Gasteiger partial charge is 0.490 e. The highest BCUT2D eigenvalue weighted by molar-refractivity contribution is 5.43. The molecule has 1 aliphatic heterocycles. The van der Waals surface area contributed by atoms with E-state index >= 15 is 0 Å². The quantitative estimate of drug-likeness (QED) is 0.854. The molecule has 0 radical (unpaired) electrons. The van der Waals surface area contributed by atoms with Gasteiger partial charge in [-0.3, -0.25) is 0 Å². The van der Waals surface area contributed by atoms with E-state index in [1.54, 1.807) is 0 Å². The summed E-state index contributed by atoms with van der Waals surface area (Å²) < 4.78 is 11.3. The molecule has 4 nitrogen and oxygen atoms in total. The molecule has 4 heteroatoms. The Bertz CT molecular complexity index is 406. The average molecular weight is 265 g/mol. The van der Waals surface area contributed by atoms with Gasteiger partial charge in [0.2, 0.25) is 0 Å². The van der Waals surface area contributed by atoms with Gasteiger partial charge in [-0.15, -0.1) is 0 Å². The molecule has 1 aromatic carbocycles. The third-order valence-corrected chi connectivity index (χ3v) is 3.38. The molecule has 1 unspecified atom stereocenters. The number of ether oxygens (including phenoxy) is 2. The van der Waals surface area contributed by atoms with E-state index in [0.29, 0.717) is 19.1 Å². The molecule has 1 aromatic rings. The second-order valence-electron chi connectivity index (χ2n) is 5.25. The highest BCUT2D eigenvalue weighted by Crippen LogP contribution is 2.30. The van der Waals surface area contributed by atoms with Gasteiger partial charge in [-0.25, -0.2) is 0 Å². The summed E-state index contributed by atoms with van der Waals surface area (Å²) in [6, 6.07) is 6.13. The van der Waals surface area contributed by atoms with E-state index in [9.17, 15) is 5.11 Å². The van der Waals surface area contributed by atoms with Crippen LogP contribution in [0, 0.1) is 5.92 Å². The molecule has 2 N–H and O–H groups in total. The minimum atomic E-state index is 0.121. The summed E-state index contributed by atoms with van der Waals surface area (Å²) in [6.45, 7) is 6.49. The van der Waals surface area contributed by atoms with Crippen molar-refractivity contribution in [3.63, 3.8) is 0 Å². The highest BCUT2D eigenvalue weighted by Gasteiger charge is 2.13. The van der Waals surface area contributed by atoms with Crippen LogP contribution in [0.4, 0.5) is 0 Å². The summed E-state index contributed by atoms with van der Waals surface area (Å²) in [5.74, 6) is 2.05. The Hall–Kier alpha value is -1.26. The standard InChI is InChI=1S/C15H23NO3/c1-11(2)13(10-17)16-9-12-4-5-14-15(8-12)19-7-3-6-18-14/h4-5,8,11,13,16-17H,3,6-7,9-10H2,1-2H3. The maximum absolute atomic E-state index is 9.30. The van der Waals surface area contributed by atoms with Crippen molar-refractivity contribution in [2.45, 2.75) is 32.9 Å². The van der Waals surface area contributed by atoms with E-state index in [2.05, 4.69) is 19.2 Å². The Morgan fingerprint density at radius 2 is 1.95 bits per heavy atom. The molecule has 1 atom stereocenters. The molecule has 1 aliphatic rings. The minimum absolute atomic E-state index is 0.121. The average Bonchev–Trinajstić information content (AvgIpc) is 2.63. The lowest BCUT2D eigenvalue weighted by Gasteiger charge is -2.20. The first kappa shape index (κ1) is 14.2. The first-order valence-corrected chi connectivity index (χ1v) is 6.93. The van der Waals surface area contributed by atoms with Crippen molar-refractivity contribution in [2.75, 3.05) is 19.8 Å². The minimum Gasteiger partial charge on any atom is -0.490 e. The van der Waals surface area contributed by atoms with Crippen LogP contribution in [0.1, 0.15) is 25.8 Å². The molecule has 106 valence electrons. The SMILES string of the molecule is CC(C)C(CO)NCc1ccc2c(c1)OCCCO2. The van der Waals surface area contributed by atoms with Crippen molar-refractivity contribution in [1.82, 2.24) is 5.32 Å². The Labute approximate surface area is 114 Å². The van der Waals surface area contributed by atoms with Gasteiger partial charge in [0.05, 0.1) is 19.8 Å². The van der Waals surface area contributed by atoms with Gasteiger partial charge in [0.15, 0.2) is 11.5 Å². The summed E-state index contributed by atoms with van der Waals surface area (Å²) in [4.78, 5) is 0. The van der Waals surface area contributed by atoms with Crippen LogP contribution >= 0.6 is 0 Å². The zero-order chi connectivity index (χ0) is 13.7. The van der Waals surface area contributed by atoms with Gasteiger partial charge >= 0.3 is 0 Å². The Morgan fingerprint density at radius 3 is 2.63 bits per heavy atom. The lowest BCUT2D eigenvalue weighted by atomic mass is 10.0. The molecule has 0 fully saturated rings. The van der Waals surface area contributed by atoms with Crippen molar-refractivity contribution in [3.05, 3.63) is 23.8 Å². The maximum Gasteiger partial charge on any atom is 0.161 e. The fourth-order valence-electron chi connectivity index (χ4n) is 2.08. The summed E-state index contributed by atoms with van der Waals surface area (Å²) in [6.07, 6.45) is 0.919. The van der Waals surface area contributed by atoms with Gasteiger partial charge in [-0.1, -0.05) is 19.9 Å². The number of benzene rings is 1. The second-order valence-corrected chi connectivity index (χ2v) is 5.25. The van der Waals surface area contributed by atoms with E-state index in [-0.39, 0.29) is 12.6 Å². The number of aliphatic hydroxyl groups excluding tert-OH is 1. The van der Waals surface area contributed by atoms with Gasteiger partial charge < -0.3 is 19.9 Å². The lowest BCUT2D eigenvalue weighted by Crippen LogP contribution is -2.36. The van der Waals surface area contributed by atoms with Crippen LogP contribution in [0.5, 0.6) is 11.5 Å². The molecular weight excluding hydrogens is 242 g/mol. The summed E-state index contributed by atoms with van der Waals surface area (Å²) in [5.41, 5.74) is 1.14. The number of hydrogen-bond donors (Lipinski definition) is 2. The summed E-state index contributed by atoms with van der Waals surface area (Å²) in [5, 5.41) is 12.7. The van der Waals surface area contributed by atoms with Gasteiger partial charge in [0.1, 0.15) is 0 Å². The van der Waals surface area contributed by atoms with E-state index < -0.39 is 0 Å². The zero-order valence-corrected chi connectivity index (χ0v) is 11.7. The first-order chi connectivity index (χ1) is 9.20. The third kappa shape index (κ3) is 3.85. The molecule has 0 saturated carbocycles. The van der Waals surface area contributed by atoms with Gasteiger partial charge in [-0.05, 0) is 23.6 Å². The van der Waals surface area contributed by atoms with Crippen LogP contribution in [0.2, 0.25) is 0 Å². The number of nitrogens with one attached hydrogen (secondary N) is 1. The molecular formula is C15H23NO3. The normalized spacial score (nSPS) is 16.2. The van der Waals surface area contributed by atoms with Crippen LogP contribution in [0.3, 0.4) is 0 Å². The predicted molar refractivity (Wildman–Crippen MR) is 74.6 cm³/mol. The molecule has 2 rings (SSSR count). The van der Waals surface area contributed by atoms with Gasteiger partial charge in [-0.2, -0.15) is 0 Å². The van der Waals surface area contributed by atoms with E-state index in [1.807, 2.05) is 18.2 Å². The fourth-order valence-corrected chi connectivity index (χ4v) is 2.08. The maximum atomic E-state index is 9.30. The molecule has 0 amide bonds. The summed E-state index contributed by atoms with van der Waals surface area (Å²) in [7, 11) is 0. The molecule has 0 bridgehead atoms. The van der Waals surface area contributed by atoms with Crippen molar-refractivity contribution in [2.24, 2.45) is 5.92 Å². The van der Waals surface area contributed by atoms with Crippen molar-refractivity contribution < 1.29 is 14.6 Å². The number of hydrogen-bond acceptors (Lipinski definition) is 4. The van der Waals surface area contributed by atoms with Crippen molar-refractivity contribution in [3.8, 4) is 11.5 Å². The highest BCUT2D eigenvalue weighted by atomic mass is 16.5. The Morgan fingerprint density at radius 1 is 1.21 bits per heavy atom.